The average molecular weight is 502 g/mol. The maximum atomic E-state index is 12.9. The van der Waals surface area contributed by atoms with E-state index in [0.29, 0.717) is 18.1 Å². The lowest BCUT2D eigenvalue weighted by molar-refractivity contribution is 0.0563. The molecular weight excluding hydrogens is 470 g/mol. The van der Waals surface area contributed by atoms with Gasteiger partial charge < -0.3 is 24.5 Å². The standard InChI is InChI=1S/C29H31N3O5/c1-29(2,3)25-18-23(26(37-25)27(33)35-4)32-28(34)31-22-11-12-24(21-10-6-5-9-20(21)22)36-17-7-8-19-13-15-30-16-14-19/h5-6,9-16,18H,7-8,17H2,1-4H3,(H2,31,32,34). The summed E-state index contributed by atoms with van der Waals surface area (Å²) in [7, 11) is 1.26. The van der Waals surface area contributed by atoms with Crippen LogP contribution < -0.4 is 15.4 Å². The van der Waals surface area contributed by atoms with E-state index in [2.05, 4.69) is 15.6 Å². The quantitative estimate of drug-likeness (QED) is 0.209. The highest BCUT2D eigenvalue weighted by Crippen LogP contribution is 2.33. The largest absolute Gasteiger partial charge is 0.493 e. The third kappa shape index (κ3) is 6.27. The van der Waals surface area contributed by atoms with Crippen molar-refractivity contribution in [3.63, 3.8) is 0 Å². The molecule has 2 aromatic carbocycles. The first-order valence-electron chi connectivity index (χ1n) is 12.1. The molecule has 0 radical (unpaired) electrons. The van der Waals surface area contributed by atoms with Crippen molar-refractivity contribution in [2.45, 2.75) is 39.0 Å². The summed E-state index contributed by atoms with van der Waals surface area (Å²) in [6.07, 6.45) is 5.35. The Morgan fingerprint density at radius 2 is 1.65 bits per heavy atom. The Morgan fingerprint density at radius 3 is 2.35 bits per heavy atom. The Labute approximate surface area is 216 Å². The van der Waals surface area contributed by atoms with E-state index in [1.54, 1.807) is 24.5 Å². The van der Waals surface area contributed by atoms with E-state index in [1.807, 2.05) is 63.2 Å². The number of esters is 1. The summed E-state index contributed by atoms with van der Waals surface area (Å²) in [5, 5.41) is 7.32. The van der Waals surface area contributed by atoms with Crippen LogP contribution in [0.5, 0.6) is 5.75 Å². The molecule has 0 saturated carbocycles. The number of ether oxygens (including phenoxy) is 2. The number of aromatic nitrogens is 1. The molecular formula is C29H31N3O5. The summed E-state index contributed by atoms with van der Waals surface area (Å²) >= 11 is 0. The van der Waals surface area contributed by atoms with Crippen molar-refractivity contribution in [1.82, 2.24) is 4.98 Å². The van der Waals surface area contributed by atoms with Crippen LogP contribution in [0, 0.1) is 0 Å². The predicted molar refractivity (Wildman–Crippen MR) is 143 cm³/mol. The second kappa shape index (κ2) is 11.2. The Hall–Kier alpha value is -4.33. The molecule has 0 unspecified atom stereocenters. The lowest BCUT2D eigenvalue weighted by Crippen LogP contribution is -2.20. The summed E-state index contributed by atoms with van der Waals surface area (Å²) in [5.41, 5.74) is 1.71. The van der Waals surface area contributed by atoms with Gasteiger partial charge >= 0.3 is 12.0 Å². The molecule has 0 spiro atoms. The van der Waals surface area contributed by atoms with E-state index < -0.39 is 12.0 Å². The van der Waals surface area contributed by atoms with Gasteiger partial charge in [-0.3, -0.25) is 4.98 Å². The van der Waals surface area contributed by atoms with Crippen LogP contribution in [0.1, 0.15) is 49.1 Å². The molecule has 0 fully saturated rings. The molecule has 2 amide bonds. The van der Waals surface area contributed by atoms with E-state index in [1.165, 1.54) is 12.7 Å². The van der Waals surface area contributed by atoms with Gasteiger partial charge in [-0.25, -0.2) is 9.59 Å². The fraction of sp³-hybridized carbons (Fsp3) is 0.276. The zero-order chi connectivity index (χ0) is 26.4. The molecule has 0 saturated heterocycles. The maximum Gasteiger partial charge on any atom is 0.376 e. The van der Waals surface area contributed by atoms with Gasteiger partial charge in [-0.2, -0.15) is 0 Å². The number of nitrogens with one attached hydrogen (secondary N) is 2. The first kappa shape index (κ1) is 25.8. The Morgan fingerprint density at radius 1 is 0.946 bits per heavy atom. The zero-order valence-corrected chi connectivity index (χ0v) is 21.5. The molecule has 2 aromatic heterocycles. The zero-order valence-electron chi connectivity index (χ0n) is 21.5. The number of aryl methyl sites for hydroxylation is 1. The van der Waals surface area contributed by atoms with Crippen molar-refractivity contribution >= 4 is 34.1 Å². The summed E-state index contributed by atoms with van der Waals surface area (Å²) in [6.45, 7) is 6.41. The smallest absolute Gasteiger partial charge is 0.376 e. The molecule has 0 aliphatic carbocycles. The summed E-state index contributed by atoms with van der Waals surface area (Å²) in [5.74, 6) is 0.581. The van der Waals surface area contributed by atoms with Crippen molar-refractivity contribution in [2.24, 2.45) is 0 Å². The van der Waals surface area contributed by atoms with Gasteiger partial charge in [-0.05, 0) is 42.7 Å². The molecule has 0 atom stereocenters. The van der Waals surface area contributed by atoms with Crippen molar-refractivity contribution in [1.29, 1.82) is 0 Å². The molecule has 0 aliphatic rings. The normalized spacial score (nSPS) is 11.2. The molecule has 37 heavy (non-hydrogen) atoms. The van der Waals surface area contributed by atoms with Gasteiger partial charge in [-0.15, -0.1) is 0 Å². The van der Waals surface area contributed by atoms with Crippen LogP contribution in [0.15, 0.2) is 71.4 Å². The van der Waals surface area contributed by atoms with Crippen LogP contribution in [0.2, 0.25) is 0 Å². The molecule has 2 heterocycles. The van der Waals surface area contributed by atoms with Gasteiger partial charge in [0.05, 0.1) is 25.1 Å². The number of carbonyl (C=O) groups excluding carboxylic acids is 2. The lowest BCUT2D eigenvalue weighted by atomic mass is 9.93. The SMILES string of the molecule is COC(=O)c1oc(C(C)(C)C)cc1NC(=O)Nc1ccc(OCCCc2ccncc2)c2ccccc12. The van der Waals surface area contributed by atoms with E-state index in [9.17, 15) is 9.59 Å². The van der Waals surface area contributed by atoms with Gasteiger partial charge in [0.25, 0.3) is 0 Å². The van der Waals surface area contributed by atoms with Crippen LogP contribution in [-0.4, -0.2) is 30.7 Å². The number of furan rings is 1. The van der Waals surface area contributed by atoms with Crippen molar-refractivity contribution in [2.75, 3.05) is 24.4 Å². The highest BCUT2D eigenvalue weighted by Gasteiger charge is 2.26. The number of hydrogen-bond donors (Lipinski definition) is 2. The number of rotatable bonds is 8. The number of nitrogens with zero attached hydrogens (tertiary/aromatic N) is 1. The number of amides is 2. The van der Waals surface area contributed by atoms with Gasteiger partial charge in [-0.1, -0.05) is 45.0 Å². The number of carbonyl (C=O) groups is 2. The molecule has 4 rings (SSSR count). The third-order valence-electron chi connectivity index (χ3n) is 5.84. The van der Waals surface area contributed by atoms with Crippen LogP contribution in [0.4, 0.5) is 16.2 Å². The van der Waals surface area contributed by atoms with Gasteiger partial charge in [0, 0.05) is 34.6 Å². The first-order chi connectivity index (χ1) is 17.8. The highest BCUT2D eigenvalue weighted by molar-refractivity contribution is 6.09. The van der Waals surface area contributed by atoms with Crippen LogP contribution in [0.25, 0.3) is 10.8 Å². The Bertz CT molecular complexity index is 1390. The van der Waals surface area contributed by atoms with Crippen LogP contribution in [-0.2, 0) is 16.6 Å². The third-order valence-corrected chi connectivity index (χ3v) is 5.84. The van der Waals surface area contributed by atoms with Crippen LogP contribution in [0.3, 0.4) is 0 Å². The highest BCUT2D eigenvalue weighted by atomic mass is 16.5. The monoisotopic (exact) mass is 501 g/mol. The molecule has 8 nitrogen and oxygen atoms in total. The molecule has 4 aromatic rings. The minimum atomic E-state index is -0.665. The lowest BCUT2D eigenvalue weighted by Gasteiger charge is -2.14. The number of urea groups is 1. The Kier molecular flexibility index (Phi) is 7.77. The summed E-state index contributed by atoms with van der Waals surface area (Å²) in [4.78, 5) is 29.2. The Balaban J connectivity index is 1.47. The summed E-state index contributed by atoms with van der Waals surface area (Å²) < 4.78 is 16.6. The molecule has 0 aliphatic heterocycles. The number of anilines is 2. The average Bonchev–Trinajstić information content (AvgIpc) is 3.32. The van der Waals surface area contributed by atoms with Crippen LogP contribution >= 0.6 is 0 Å². The van der Waals surface area contributed by atoms with E-state index in [-0.39, 0.29) is 16.9 Å². The second-order valence-electron chi connectivity index (χ2n) is 9.64. The minimum absolute atomic E-state index is 0.0528. The number of methoxy groups -OCH3 is 1. The van der Waals surface area contributed by atoms with E-state index in [0.717, 1.165) is 29.4 Å². The van der Waals surface area contributed by atoms with Gasteiger partial charge in [0.15, 0.2) is 0 Å². The second-order valence-corrected chi connectivity index (χ2v) is 9.64. The van der Waals surface area contributed by atoms with E-state index >= 15 is 0 Å². The maximum absolute atomic E-state index is 12.9. The number of benzene rings is 2. The number of fused-ring (bicyclic) bond motifs is 1. The summed E-state index contributed by atoms with van der Waals surface area (Å²) in [6, 6.07) is 16.5. The number of hydrogen-bond acceptors (Lipinski definition) is 6. The molecule has 8 heteroatoms. The number of pyridine rings is 1. The van der Waals surface area contributed by atoms with Gasteiger partial charge in [0.2, 0.25) is 5.76 Å². The van der Waals surface area contributed by atoms with E-state index in [4.69, 9.17) is 13.9 Å². The fourth-order valence-electron chi connectivity index (χ4n) is 3.89. The topological polar surface area (TPSA) is 103 Å². The first-order valence-corrected chi connectivity index (χ1v) is 12.1. The van der Waals surface area contributed by atoms with Crippen molar-refractivity contribution in [3.05, 3.63) is 84.1 Å². The molecule has 2 N–H and O–H groups in total. The van der Waals surface area contributed by atoms with Gasteiger partial charge in [0.1, 0.15) is 11.5 Å². The molecule has 192 valence electrons. The minimum Gasteiger partial charge on any atom is -0.493 e. The molecule has 0 bridgehead atoms. The van der Waals surface area contributed by atoms with Crippen molar-refractivity contribution in [3.8, 4) is 5.75 Å². The van der Waals surface area contributed by atoms with Crippen molar-refractivity contribution < 1.29 is 23.5 Å². The predicted octanol–water partition coefficient (Wildman–Crippen LogP) is 6.57. The fourth-order valence-corrected chi connectivity index (χ4v) is 3.89.